The van der Waals surface area contributed by atoms with Crippen LogP contribution < -0.4 is 20.2 Å². The van der Waals surface area contributed by atoms with Crippen LogP contribution in [0.1, 0.15) is 29.2 Å². The molecule has 3 rings (SSSR count). The summed E-state index contributed by atoms with van der Waals surface area (Å²) in [6.07, 6.45) is 1.43. The van der Waals surface area contributed by atoms with Crippen molar-refractivity contribution in [3.05, 3.63) is 89.0 Å². The maximum Gasteiger partial charge on any atom is 0.329 e. The number of hydrogen-bond acceptors (Lipinski definition) is 5. The van der Waals surface area contributed by atoms with Crippen LogP contribution in [0.2, 0.25) is 0 Å². The van der Waals surface area contributed by atoms with E-state index < -0.39 is 11.8 Å². The van der Waals surface area contributed by atoms with E-state index in [2.05, 4.69) is 15.8 Å². The smallest absolute Gasteiger partial charge is 0.329 e. The molecule has 0 aliphatic heterocycles. The number of benzene rings is 3. The van der Waals surface area contributed by atoms with Crippen molar-refractivity contribution >= 4 is 23.7 Å². The van der Waals surface area contributed by atoms with Crippen LogP contribution in [0.5, 0.6) is 11.5 Å². The molecule has 0 radical (unpaired) electrons. The number of rotatable bonds is 8. The van der Waals surface area contributed by atoms with Gasteiger partial charge in [-0.3, -0.25) is 9.59 Å². The van der Waals surface area contributed by atoms with Gasteiger partial charge < -0.3 is 14.8 Å². The predicted molar refractivity (Wildman–Crippen MR) is 129 cm³/mol. The molecule has 2 N–H and O–H groups in total. The molecule has 170 valence electrons. The van der Waals surface area contributed by atoms with Crippen LogP contribution in [0.25, 0.3) is 0 Å². The van der Waals surface area contributed by atoms with Gasteiger partial charge in [0.2, 0.25) is 0 Å². The lowest BCUT2D eigenvalue weighted by atomic mass is 10.2. The average Bonchev–Trinajstić information content (AvgIpc) is 2.81. The second kappa shape index (κ2) is 11.5. The molecule has 33 heavy (non-hydrogen) atoms. The van der Waals surface area contributed by atoms with Crippen molar-refractivity contribution in [3.63, 3.8) is 0 Å². The van der Waals surface area contributed by atoms with E-state index in [1.807, 2.05) is 57.2 Å². The van der Waals surface area contributed by atoms with E-state index in [0.29, 0.717) is 36.0 Å². The monoisotopic (exact) mass is 445 g/mol. The summed E-state index contributed by atoms with van der Waals surface area (Å²) in [6, 6.07) is 20.6. The Balaban J connectivity index is 1.58. The number of hydrogen-bond donors (Lipinski definition) is 2. The molecule has 0 saturated heterocycles. The largest absolute Gasteiger partial charge is 0.490 e. The fourth-order valence-corrected chi connectivity index (χ4v) is 2.88. The fraction of sp³-hybridized carbons (Fsp3) is 0.192. The molecule has 0 heterocycles. The van der Waals surface area contributed by atoms with Gasteiger partial charge in [-0.05, 0) is 62.2 Å². The minimum absolute atomic E-state index is 0.417. The summed E-state index contributed by atoms with van der Waals surface area (Å²) in [5.41, 5.74) is 6.74. The zero-order valence-electron chi connectivity index (χ0n) is 18.9. The van der Waals surface area contributed by atoms with E-state index in [1.54, 1.807) is 30.3 Å². The summed E-state index contributed by atoms with van der Waals surface area (Å²) in [5.74, 6) is -0.492. The number of nitrogens with one attached hydrogen (secondary N) is 2. The highest BCUT2D eigenvalue weighted by Gasteiger charge is 2.13. The molecule has 3 aromatic carbocycles. The van der Waals surface area contributed by atoms with Crippen LogP contribution >= 0.6 is 0 Å². The van der Waals surface area contributed by atoms with E-state index in [-0.39, 0.29) is 0 Å². The maximum atomic E-state index is 12.0. The van der Waals surface area contributed by atoms with Crippen molar-refractivity contribution in [3.8, 4) is 11.5 Å². The Morgan fingerprint density at radius 2 is 1.52 bits per heavy atom. The lowest BCUT2D eigenvalue weighted by molar-refractivity contribution is -0.136. The van der Waals surface area contributed by atoms with Gasteiger partial charge in [-0.25, -0.2) is 5.43 Å². The van der Waals surface area contributed by atoms with Gasteiger partial charge in [0.05, 0.1) is 12.8 Å². The molecule has 0 bridgehead atoms. The molecule has 7 nitrogen and oxygen atoms in total. The number of ether oxygens (including phenoxy) is 2. The zero-order valence-corrected chi connectivity index (χ0v) is 18.9. The minimum atomic E-state index is -0.866. The molecule has 0 aliphatic rings. The highest BCUT2D eigenvalue weighted by molar-refractivity contribution is 6.39. The predicted octanol–water partition coefficient (Wildman–Crippen LogP) is 4.37. The first kappa shape index (κ1) is 23.5. The summed E-state index contributed by atoms with van der Waals surface area (Å²) >= 11 is 0. The molecule has 2 amide bonds. The number of carbonyl (C=O) groups excluding carboxylic acids is 2. The van der Waals surface area contributed by atoms with Crippen molar-refractivity contribution in [2.24, 2.45) is 5.10 Å². The lowest BCUT2D eigenvalue weighted by Crippen LogP contribution is -2.32. The molecule has 0 unspecified atom stereocenters. The quantitative estimate of drug-likeness (QED) is 0.306. The van der Waals surface area contributed by atoms with Gasteiger partial charge in [0.15, 0.2) is 11.5 Å². The Bertz CT molecular complexity index is 1120. The van der Waals surface area contributed by atoms with Crippen LogP contribution in [-0.2, 0) is 16.2 Å². The van der Waals surface area contributed by atoms with Gasteiger partial charge in [0, 0.05) is 5.69 Å². The molecule has 7 heteroatoms. The van der Waals surface area contributed by atoms with Gasteiger partial charge in [-0.1, -0.05) is 47.5 Å². The summed E-state index contributed by atoms with van der Waals surface area (Å²) in [5, 5.41) is 6.39. The SMILES string of the molecule is CCOc1cc(/C=N/NC(=O)C(=O)Nc2ccc(C)cc2)ccc1OCc1ccc(C)cc1. The van der Waals surface area contributed by atoms with E-state index in [4.69, 9.17) is 9.47 Å². The van der Waals surface area contributed by atoms with E-state index >= 15 is 0 Å². The van der Waals surface area contributed by atoms with Crippen LogP contribution in [0.4, 0.5) is 5.69 Å². The fourth-order valence-electron chi connectivity index (χ4n) is 2.88. The Morgan fingerprint density at radius 3 is 2.18 bits per heavy atom. The van der Waals surface area contributed by atoms with Crippen LogP contribution in [0, 0.1) is 13.8 Å². The first-order valence-electron chi connectivity index (χ1n) is 10.6. The number of nitrogens with zero attached hydrogens (tertiary/aromatic N) is 1. The summed E-state index contributed by atoms with van der Waals surface area (Å²) in [4.78, 5) is 24.0. The summed E-state index contributed by atoms with van der Waals surface area (Å²) < 4.78 is 11.6. The Labute approximate surface area is 193 Å². The highest BCUT2D eigenvalue weighted by Crippen LogP contribution is 2.29. The topological polar surface area (TPSA) is 89.0 Å². The van der Waals surface area contributed by atoms with Crippen LogP contribution in [0.15, 0.2) is 71.8 Å². The van der Waals surface area contributed by atoms with Gasteiger partial charge in [0.25, 0.3) is 0 Å². The van der Waals surface area contributed by atoms with Crippen LogP contribution in [-0.4, -0.2) is 24.6 Å². The lowest BCUT2D eigenvalue weighted by Gasteiger charge is -2.12. The molecule has 0 aromatic heterocycles. The van der Waals surface area contributed by atoms with Gasteiger partial charge in [-0.15, -0.1) is 0 Å². The van der Waals surface area contributed by atoms with Gasteiger partial charge in [0.1, 0.15) is 6.61 Å². The van der Waals surface area contributed by atoms with Crippen molar-refractivity contribution in [1.29, 1.82) is 0 Å². The van der Waals surface area contributed by atoms with Crippen molar-refractivity contribution in [2.45, 2.75) is 27.4 Å². The van der Waals surface area contributed by atoms with E-state index in [9.17, 15) is 9.59 Å². The molecule has 0 aliphatic carbocycles. The third kappa shape index (κ3) is 7.21. The molecule has 3 aromatic rings. The van der Waals surface area contributed by atoms with Gasteiger partial charge in [-0.2, -0.15) is 5.10 Å². The maximum absolute atomic E-state index is 12.0. The Morgan fingerprint density at radius 1 is 0.848 bits per heavy atom. The third-order valence-electron chi connectivity index (χ3n) is 4.68. The zero-order chi connectivity index (χ0) is 23.6. The third-order valence-corrected chi connectivity index (χ3v) is 4.68. The Kier molecular flexibility index (Phi) is 8.18. The average molecular weight is 446 g/mol. The normalized spacial score (nSPS) is 10.6. The second-order valence-electron chi connectivity index (χ2n) is 7.43. The molecular formula is C26H27N3O4. The minimum Gasteiger partial charge on any atom is -0.490 e. The molecule has 0 spiro atoms. The molecular weight excluding hydrogens is 418 g/mol. The highest BCUT2D eigenvalue weighted by atomic mass is 16.5. The number of hydrazone groups is 1. The summed E-state index contributed by atoms with van der Waals surface area (Å²) in [6.45, 7) is 6.75. The summed E-state index contributed by atoms with van der Waals surface area (Å²) in [7, 11) is 0. The molecule has 0 saturated carbocycles. The van der Waals surface area contributed by atoms with Crippen molar-refractivity contribution in [2.75, 3.05) is 11.9 Å². The van der Waals surface area contributed by atoms with Gasteiger partial charge >= 0.3 is 11.8 Å². The number of carbonyl (C=O) groups is 2. The Hall–Kier alpha value is -4.13. The number of aryl methyl sites for hydroxylation is 2. The number of amides is 2. The first-order chi connectivity index (χ1) is 15.9. The molecule has 0 fully saturated rings. The molecule has 0 atom stereocenters. The van der Waals surface area contributed by atoms with Crippen molar-refractivity contribution in [1.82, 2.24) is 5.43 Å². The number of anilines is 1. The van der Waals surface area contributed by atoms with Crippen LogP contribution in [0.3, 0.4) is 0 Å². The van der Waals surface area contributed by atoms with Crippen molar-refractivity contribution < 1.29 is 19.1 Å². The van der Waals surface area contributed by atoms with E-state index in [1.165, 1.54) is 11.8 Å². The van der Waals surface area contributed by atoms with E-state index in [0.717, 1.165) is 11.1 Å². The second-order valence-corrected chi connectivity index (χ2v) is 7.43. The first-order valence-corrected chi connectivity index (χ1v) is 10.6. The standard InChI is InChI=1S/C26H27N3O4/c1-4-32-24-15-21(11-14-23(24)33-17-20-9-5-18(2)6-10-20)16-27-29-26(31)25(30)28-22-12-7-19(3)8-13-22/h5-16H,4,17H2,1-3H3,(H,28,30)(H,29,31)/b27-16+.